The van der Waals surface area contributed by atoms with Crippen molar-refractivity contribution in [2.75, 3.05) is 13.1 Å². The maximum atomic E-state index is 12.9. The van der Waals surface area contributed by atoms with Crippen LogP contribution < -0.4 is 0 Å². The molecule has 5 rings (SSSR count). The van der Waals surface area contributed by atoms with Gasteiger partial charge in [-0.25, -0.2) is 0 Å². The molecule has 0 amide bonds. The zero-order valence-corrected chi connectivity index (χ0v) is 18.7. The zero-order chi connectivity index (χ0) is 22.0. The van der Waals surface area contributed by atoms with Crippen LogP contribution in [0.5, 0.6) is 0 Å². The van der Waals surface area contributed by atoms with Crippen LogP contribution in [0.2, 0.25) is 0 Å². The van der Waals surface area contributed by atoms with E-state index < -0.39 is 0 Å². The number of aromatic nitrogens is 3. The van der Waals surface area contributed by atoms with Crippen molar-refractivity contribution >= 4 is 5.78 Å². The van der Waals surface area contributed by atoms with Gasteiger partial charge in [-0.1, -0.05) is 53.9 Å². The molecule has 6 nitrogen and oxygen atoms in total. The lowest BCUT2D eigenvalue weighted by Crippen LogP contribution is -2.38. The quantitative estimate of drug-likeness (QED) is 0.527. The minimum Gasteiger partial charge on any atom is -0.338 e. The van der Waals surface area contributed by atoms with Gasteiger partial charge in [-0.15, -0.1) is 0 Å². The topological polar surface area (TPSA) is 72.1 Å². The molecule has 2 aromatic heterocycles. The molecule has 0 N–H and O–H groups in total. The van der Waals surface area contributed by atoms with Gasteiger partial charge >= 0.3 is 0 Å². The summed E-state index contributed by atoms with van der Waals surface area (Å²) >= 11 is 0. The summed E-state index contributed by atoms with van der Waals surface area (Å²) in [6.07, 6.45) is 8.04. The number of Topliss-reactive ketones (excluding diaryl/α,β-unsaturated/α-hetero) is 1. The summed E-state index contributed by atoms with van der Waals surface area (Å²) in [6.45, 7) is 4.34. The molecule has 0 unspecified atom stereocenters. The number of hydrogen-bond donors (Lipinski definition) is 0. The van der Waals surface area contributed by atoms with E-state index in [0.29, 0.717) is 24.7 Å². The number of pyridine rings is 1. The van der Waals surface area contributed by atoms with Crippen molar-refractivity contribution in [1.82, 2.24) is 20.0 Å². The molecule has 0 spiro atoms. The fourth-order valence-corrected chi connectivity index (χ4v) is 5.33. The fourth-order valence-electron chi connectivity index (χ4n) is 5.33. The fraction of sp³-hybridized carbons (Fsp3) is 0.462. The molecule has 6 heteroatoms. The van der Waals surface area contributed by atoms with Gasteiger partial charge in [-0.05, 0) is 56.8 Å². The maximum Gasteiger partial charge on any atom is 0.240 e. The molecular weight excluding hydrogens is 400 g/mol. The summed E-state index contributed by atoms with van der Waals surface area (Å²) in [5.74, 6) is 1.55. The van der Waals surface area contributed by atoms with Gasteiger partial charge in [0.1, 0.15) is 5.69 Å². The van der Waals surface area contributed by atoms with E-state index in [2.05, 4.69) is 46.2 Å². The van der Waals surface area contributed by atoms with Gasteiger partial charge in [-0.2, -0.15) is 4.98 Å². The second-order valence-electron chi connectivity index (χ2n) is 9.32. The minimum absolute atomic E-state index is 0.0326. The van der Waals surface area contributed by atoms with Gasteiger partial charge in [-0.3, -0.25) is 14.7 Å². The third kappa shape index (κ3) is 4.11. The van der Waals surface area contributed by atoms with Crippen molar-refractivity contribution in [1.29, 1.82) is 0 Å². The van der Waals surface area contributed by atoms with E-state index in [4.69, 9.17) is 9.51 Å². The largest absolute Gasteiger partial charge is 0.338 e. The summed E-state index contributed by atoms with van der Waals surface area (Å²) in [7, 11) is 0. The number of piperidine rings is 1. The van der Waals surface area contributed by atoms with Crippen LogP contribution in [0.4, 0.5) is 0 Å². The summed E-state index contributed by atoms with van der Waals surface area (Å²) in [5.41, 5.74) is 2.96. The molecule has 1 aliphatic heterocycles. The van der Waals surface area contributed by atoms with Gasteiger partial charge in [0.05, 0.1) is 12.0 Å². The van der Waals surface area contributed by atoms with Crippen LogP contribution >= 0.6 is 0 Å². The molecule has 1 saturated carbocycles. The Morgan fingerprint density at radius 1 is 1.12 bits per heavy atom. The maximum absolute atomic E-state index is 12.9. The van der Waals surface area contributed by atoms with E-state index >= 15 is 0 Å². The van der Waals surface area contributed by atoms with Gasteiger partial charge in [0, 0.05) is 18.7 Å². The van der Waals surface area contributed by atoms with Crippen molar-refractivity contribution in [3.05, 3.63) is 77.2 Å². The van der Waals surface area contributed by atoms with Crippen LogP contribution in [0.15, 0.2) is 53.2 Å². The normalized spacial score (nSPS) is 21.0. The predicted octanol–water partition coefficient (Wildman–Crippen LogP) is 4.73. The number of hydrogen-bond acceptors (Lipinski definition) is 6. The predicted molar refractivity (Wildman–Crippen MR) is 121 cm³/mol. The molecule has 1 atom stereocenters. The highest BCUT2D eigenvalue weighted by molar-refractivity contribution is 5.96. The average Bonchev–Trinajstić information content (AvgIpc) is 3.51. The highest BCUT2D eigenvalue weighted by Gasteiger charge is 2.41. The van der Waals surface area contributed by atoms with Crippen LogP contribution in [-0.4, -0.2) is 38.9 Å². The molecule has 1 aliphatic carbocycles. The molecule has 3 aromatic rings. The Hall–Kier alpha value is -2.86. The highest BCUT2D eigenvalue weighted by Crippen LogP contribution is 2.45. The Labute approximate surface area is 189 Å². The molecule has 0 radical (unpaired) electrons. The van der Waals surface area contributed by atoms with E-state index in [-0.39, 0.29) is 17.1 Å². The minimum atomic E-state index is -0.144. The Bertz CT molecular complexity index is 1050. The van der Waals surface area contributed by atoms with E-state index in [9.17, 15) is 4.79 Å². The van der Waals surface area contributed by atoms with E-state index in [1.165, 1.54) is 24.0 Å². The standard InChI is InChI=1S/C26H30N4O2/c1-19-9-11-21(12-10-19)26(13-3-4-14-26)25-28-23(32-29-25)18-30-16-6-7-20(17-30)24(31)22-8-2-5-15-27-22/h2,5,8-12,15,20H,3-4,6-7,13-14,16-18H2,1H3/t20-/m1/s1. The van der Waals surface area contributed by atoms with Crippen molar-refractivity contribution in [2.24, 2.45) is 5.92 Å². The molecular formula is C26H30N4O2. The lowest BCUT2D eigenvalue weighted by Gasteiger charge is -2.30. The summed E-state index contributed by atoms with van der Waals surface area (Å²) < 4.78 is 5.73. The molecule has 0 bridgehead atoms. The van der Waals surface area contributed by atoms with Crippen molar-refractivity contribution < 1.29 is 9.32 Å². The lowest BCUT2D eigenvalue weighted by atomic mass is 9.78. The number of nitrogens with zero attached hydrogens (tertiary/aromatic N) is 4. The van der Waals surface area contributed by atoms with Crippen molar-refractivity contribution in [3.63, 3.8) is 0 Å². The second-order valence-corrected chi connectivity index (χ2v) is 9.32. The molecule has 3 heterocycles. The number of rotatable bonds is 6. The van der Waals surface area contributed by atoms with Crippen LogP contribution in [0.3, 0.4) is 0 Å². The average molecular weight is 431 g/mol. The molecule has 1 saturated heterocycles. The van der Waals surface area contributed by atoms with Crippen molar-refractivity contribution in [2.45, 2.75) is 57.4 Å². The van der Waals surface area contributed by atoms with Crippen LogP contribution in [0.25, 0.3) is 0 Å². The number of aryl methyl sites for hydroxylation is 1. The van der Waals surface area contributed by atoms with Gasteiger partial charge in [0.15, 0.2) is 11.6 Å². The van der Waals surface area contributed by atoms with E-state index in [1.54, 1.807) is 12.3 Å². The monoisotopic (exact) mass is 430 g/mol. The number of benzene rings is 1. The Balaban J connectivity index is 1.30. The molecule has 32 heavy (non-hydrogen) atoms. The van der Waals surface area contributed by atoms with Gasteiger partial charge in [0.2, 0.25) is 5.89 Å². The third-order valence-corrected chi connectivity index (χ3v) is 7.11. The first-order valence-corrected chi connectivity index (χ1v) is 11.7. The first-order chi connectivity index (χ1) is 15.6. The van der Waals surface area contributed by atoms with Crippen molar-refractivity contribution in [3.8, 4) is 0 Å². The summed E-state index contributed by atoms with van der Waals surface area (Å²) in [5, 5.41) is 4.45. The Kier molecular flexibility index (Phi) is 5.87. The van der Waals surface area contributed by atoms with E-state index in [0.717, 1.165) is 38.1 Å². The zero-order valence-electron chi connectivity index (χ0n) is 18.7. The summed E-state index contributed by atoms with van der Waals surface area (Å²) in [6, 6.07) is 14.3. The molecule has 166 valence electrons. The number of ketones is 1. The number of likely N-dealkylation sites (tertiary alicyclic amines) is 1. The highest BCUT2D eigenvalue weighted by atomic mass is 16.5. The second kappa shape index (κ2) is 8.94. The van der Waals surface area contributed by atoms with E-state index in [1.807, 2.05) is 12.1 Å². The molecule has 2 fully saturated rings. The SMILES string of the molecule is Cc1ccc(C2(c3noc(CN4CCC[C@@H](C(=O)c5ccccn5)C4)n3)CCCC2)cc1. The molecule has 1 aromatic carbocycles. The lowest BCUT2D eigenvalue weighted by molar-refractivity contribution is 0.0792. The smallest absolute Gasteiger partial charge is 0.240 e. The van der Waals surface area contributed by atoms with Crippen LogP contribution in [-0.2, 0) is 12.0 Å². The van der Waals surface area contributed by atoms with Crippen LogP contribution in [0.1, 0.15) is 71.9 Å². The third-order valence-electron chi connectivity index (χ3n) is 7.11. The molecule has 2 aliphatic rings. The number of carbonyl (C=O) groups is 1. The first-order valence-electron chi connectivity index (χ1n) is 11.7. The first kappa shape index (κ1) is 21.0. The van der Waals surface area contributed by atoms with Gasteiger partial charge in [0.25, 0.3) is 0 Å². The summed E-state index contributed by atoms with van der Waals surface area (Å²) in [4.78, 5) is 24.2. The Morgan fingerprint density at radius 2 is 1.94 bits per heavy atom. The number of carbonyl (C=O) groups excluding carboxylic acids is 1. The van der Waals surface area contributed by atoms with Gasteiger partial charge < -0.3 is 4.52 Å². The Morgan fingerprint density at radius 3 is 2.69 bits per heavy atom. The van der Waals surface area contributed by atoms with Crippen LogP contribution in [0, 0.1) is 12.8 Å².